The fourth-order valence-electron chi connectivity index (χ4n) is 1.43. The second kappa shape index (κ2) is 5.08. The molecule has 1 aromatic heterocycles. The molecular formula is C9H10N4O4S. The number of aromatic nitrogens is 2. The zero-order valence-electron chi connectivity index (χ0n) is 9.19. The monoisotopic (exact) mass is 270 g/mol. The van der Waals surface area contributed by atoms with Gasteiger partial charge in [0.2, 0.25) is 5.91 Å². The highest BCUT2D eigenvalue weighted by atomic mass is 32.2. The topological polar surface area (TPSA) is 115 Å². The highest BCUT2D eigenvalue weighted by molar-refractivity contribution is 8.14. The van der Waals surface area contributed by atoms with Crippen molar-refractivity contribution in [3.8, 4) is 0 Å². The quantitative estimate of drug-likeness (QED) is 0.657. The van der Waals surface area contributed by atoms with Crippen molar-refractivity contribution in [3.05, 3.63) is 22.1 Å². The molecule has 0 saturated carbocycles. The minimum atomic E-state index is -0.472. The summed E-state index contributed by atoms with van der Waals surface area (Å²) >= 11 is 0.944. The van der Waals surface area contributed by atoms with Gasteiger partial charge in [-0.15, -0.1) is 0 Å². The molecule has 3 N–H and O–H groups in total. The van der Waals surface area contributed by atoms with Crippen molar-refractivity contribution in [2.75, 3.05) is 18.8 Å². The van der Waals surface area contributed by atoms with E-state index in [1.54, 1.807) is 0 Å². The first kappa shape index (κ1) is 12.4. The van der Waals surface area contributed by atoms with E-state index in [1.165, 1.54) is 0 Å². The molecule has 0 radical (unpaired) electrons. The molecule has 0 bridgehead atoms. The Bertz CT molecular complexity index is 533. The lowest BCUT2D eigenvalue weighted by molar-refractivity contribution is -0.124. The Morgan fingerprint density at radius 1 is 1.39 bits per heavy atom. The van der Waals surface area contributed by atoms with Gasteiger partial charge in [-0.3, -0.25) is 34.3 Å². The van der Waals surface area contributed by atoms with Crippen molar-refractivity contribution in [3.63, 3.8) is 0 Å². The van der Waals surface area contributed by atoms with E-state index >= 15 is 0 Å². The number of H-pyrrole nitrogens is 2. The lowest BCUT2D eigenvalue weighted by Crippen LogP contribution is -2.37. The zero-order valence-corrected chi connectivity index (χ0v) is 10.0. The third kappa shape index (κ3) is 2.62. The van der Waals surface area contributed by atoms with Crippen LogP contribution >= 0.6 is 11.8 Å². The van der Waals surface area contributed by atoms with Gasteiger partial charge in [0, 0.05) is 19.2 Å². The third-order valence-corrected chi connectivity index (χ3v) is 3.16. The first-order chi connectivity index (χ1) is 8.58. The Morgan fingerprint density at radius 3 is 2.72 bits per heavy atom. The van der Waals surface area contributed by atoms with Gasteiger partial charge in [-0.1, -0.05) is 11.8 Å². The van der Waals surface area contributed by atoms with E-state index in [0.717, 1.165) is 22.7 Å². The van der Waals surface area contributed by atoms with Crippen molar-refractivity contribution in [2.24, 2.45) is 0 Å². The van der Waals surface area contributed by atoms with Gasteiger partial charge in [-0.2, -0.15) is 0 Å². The lowest BCUT2D eigenvalue weighted by Gasteiger charge is -2.12. The maximum atomic E-state index is 11.5. The van der Waals surface area contributed by atoms with E-state index in [2.05, 4.69) is 15.5 Å². The third-order valence-electron chi connectivity index (χ3n) is 2.30. The minimum absolute atomic E-state index is 0.105. The molecule has 1 fully saturated rings. The van der Waals surface area contributed by atoms with Crippen LogP contribution in [-0.2, 0) is 4.79 Å². The molecule has 0 aromatic carbocycles. The van der Waals surface area contributed by atoms with Gasteiger partial charge in [0.05, 0.1) is 5.75 Å². The molecule has 9 heteroatoms. The van der Waals surface area contributed by atoms with Gasteiger partial charge >= 0.3 is 0 Å². The van der Waals surface area contributed by atoms with Gasteiger partial charge < -0.3 is 5.32 Å². The standard InChI is InChI=1S/C9H10N4O4S/c14-6-3-5(11-12-6)8(16)10-1-2-13-7(15)4-18-9(13)17/h3H,1-2,4H2,(H,10,16)(H2,11,12,14). The first-order valence-corrected chi connectivity index (χ1v) is 6.09. The van der Waals surface area contributed by atoms with E-state index in [9.17, 15) is 19.2 Å². The molecule has 0 unspecified atom stereocenters. The van der Waals surface area contributed by atoms with Crippen LogP contribution in [-0.4, -0.2) is 51.0 Å². The molecule has 0 spiro atoms. The van der Waals surface area contributed by atoms with Crippen molar-refractivity contribution in [1.29, 1.82) is 0 Å². The Hall–Kier alpha value is -2.03. The second-order valence-electron chi connectivity index (χ2n) is 3.53. The summed E-state index contributed by atoms with van der Waals surface area (Å²) in [7, 11) is 0. The van der Waals surface area contributed by atoms with Crippen LogP contribution in [0.4, 0.5) is 4.79 Å². The number of aromatic amines is 2. The van der Waals surface area contributed by atoms with Gasteiger partial charge in [0.15, 0.2) is 0 Å². The molecule has 2 heterocycles. The SMILES string of the molecule is O=C(NCCN1C(=O)CSC1=O)c1cc(=O)[nH][nH]1. The van der Waals surface area contributed by atoms with Crippen LogP contribution in [0.15, 0.2) is 10.9 Å². The summed E-state index contributed by atoms with van der Waals surface area (Å²) in [5, 5.41) is 6.83. The van der Waals surface area contributed by atoms with E-state index in [1.807, 2.05) is 0 Å². The molecule has 1 aliphatic rings. The second-order valence-corrected chi connectivity index (χ2v) is 4.45. The zero-order chi connectivity index (χ0) is 13.1. The fourth-order valence-corrected chi connectivity index (χ4v) is 2.18. The summed E-state index contributed by atoms with van der Waals surface area (Å²) in [5.74, 6) is -0.577. The van der Waals surface area contributed by atoms with Crippen molar-refractivity contribution in [2.45, 2.75) is 0 Å². The van der Waals surface area contributed by atoms with Gasteiger partial charge in [-0.05, 0) is 0 Å². The summed E-state index contributed by atoms with van der Waals surface area (Å²) < 4.78 is 0. The molecule has 1 aromatic rings. The largest absolute Gasteiger partial charge is 0.349 e. The summed E-state index contributed by atoms with van der Waals surface area (Å²) in [4.78, 5) is 45.9. The molecule has 0 atom stereocenters. The number of nitrogens with zero attached hydrogens (tertiary/aromatic N) is 1. The first-order valence-electron chi connectivity index (χ1n) is 5.11. The predicted molar refractivity (Wildman–Crippen MR) is 63.3 cm³/mol. The maximum Gasteiger partial charge on any atom is 0.288 e. The minimum Gasteiger partial charge on any atom is -0.349 e. The van der Waals surface area contributed by atoms with Gasteiger partial charge in [0.25, 0.3) is 16.7 Å². The van der Waals surface area contributed by atoms with Crippen LogP contribution in [0.25, 0.3) is 0 Å². The number of imide groups is 1. The Labute approximate surface area is 105 Å². The molecular weight excluding hydrogens is 260 g/mol. The molecule has 8 nitrogen and oxygen atoms in total. The van der Waals surface area contributed by atoms with E-state index in [-0.39, 0.29) is 35.7 Å². The molecule has 3 amide bonds. The summed E-state index contributed by atoms with van der Waals surface area (Å²) in [6, 6.07) is 1.12. The normalized spacial score (nSPS) is 15.2. The number of thioether (sulfide) groups is 1. The van der Waals surface area contributed by atoms with Crippen molar-refractivity contribution in [1.82, 2.24) is 20.4 Å². The number of nitrogens with one attached hydrogen (secondary N) is 3. The number of amides is 3. The Balaban J connectivity index is 1.82. The molecule has 2 rings (SSSR count). The lowest BCUT2D eigenvalue weighted by atomic mass is 10.4. The molecule has 1 aliphatic heterocycles. The van der Waals surface area contributed by atoms with Crippen LogP contribution < -0.4 is 10.9 Å². The van der Waals surface area contributed by atoms with Crippen LogP contribution in [0, 0.1) is 0 Å². The summed E-state index contributed by atoms with van der Waals surface area (Å²) in [5.41, 5.74) is -0.296. The van der Waals surface area contributed by atoms with Crippen molar-refractivity contribution < 1.29 is 14.4 Å². The maximum absolute atomic E-state index is 11.5. The highest BCUT2D eigenvalue weighted by Crippen LogP contribution is 2.17. The summed E-state index contributed by atoms with van der Waals surface area (Å²) in [6.07, 6.45) is 0. The molecule has 96 valence electrons. The Morgan fingerprint density at radius 2 is 2.17 bits per heavy atom. The van der Waals surface area contributed by atoms with Crippen LogP contribution in [0.1, 0.15) is 10.5 Å². The number of rotatable bonds is 4. The fraction of sp³-hybridized carbons (Fsp3) is 0.333. The molecule has 18 heavy (non-hydrogen) atoms. The van der Waals surface area contributed by atoms with Crippen LogP contribution in [0.2, 0.25) is 0 Å². The number of carbonyl (C=O) groups is 3. The highest BCUT2D eigenvalue weighted by Gasteiger charge is 2.29. The van der Waals surface area contributed by atoms with Crippen LogP contribution in [0.5, 0.6) is 0 Å². The Kier molecular flexibility index (Phi) is 3.51. The molecule has 0 aliphatic carbocycles. The summed E-state index contributed by atoms with van der Waals surface area (Å²) in [6.45, 7) is 0.273. The number of hydrogen-bond donors (Lipinski definition) is 3. The van der Waals surface area contributed by atoms with Gasteiger partial charge in [-0.25, -0.2) is 0 Å². The predicted octanol–water partition coefficient (Wildman–Crippen LogP) is -0.872. The average Bonchev–Trinajstić information content (AvgIpc) is 2.89. The van der Waals surface area contributed by atoms with Gasteiger partial charge in [0.1, 0.15) is 5.69 Å². The van der Waals surface area contributed by atoms with Crippen molar-refractivity contribution >= 4 is 28.8 Å². The van der Waals surface area contributed by atoms with E-state index in [4.69, 9.17) is 0 Å². The average molecular weight is 270 g/mol. The molecule has 1 saturated heterocycles. The number of carbonyl (C=O) groups excluding carboxylic acids is 3. The van der Waals surface area contributed by atoms with E-state index < -0.39 is 11.5 Å². The van der Waals surface area contributed by atoms with Crippen LogP contribution in [0.3, 0.4) is 0 Å². The van der Waals surface area contributed by atoms with E-state index in [0.29, 0.717) is 0 Å². The smallest absolute Gasteiger partial charge is 0.288 e. The number of hydrogen-bond acceptors (Lipinski definition) is 5.